The minimum absolute atomic E-state index is 0.0279. The maximum absolute atomic E-state index is 13.2. The van der Waals surface area contributed by atoms with Gasteiger partial charge in [-0.15, -0.1) is 0 Å². The highest BCUT2D eigenvalue weighted by Gasteiger charge is 2.09. The van der Waals surface area contributed by atoms with Crippen molar-refractivity contribution in [3.8, 4) is 6.07 Å². The monoisotopic (exact) mass is 308 g/mol. The van der Waals surface area contributed by atoms with Crippen LogP contribution in [0.2, 0.25) is 0 Å². The fourth-order valence-corrected chi connectivity index (χ4v) is 2.12. The van der Waals surface area contributed by atoms with Gasteiger partial charge in [0.05, 0.1) is 21.5 Å². The summed E-state index contributed by atoms with van der Waals surface area (Å²) < 4.78 is 13.2. The Morgan fingerprint density at radius 1 is 1.30 bits per heavy atom. The van der Waals surface area contributed by atoms with Gasteiger partial charge in [-0.25, -0.2) is 9.37 Å². The number of nitrogens with one attached hydrogen (secondary N) is 1. The van der Waals surface area contributed by atoms with Crippen LogP contribution in [0.1, 0.15) is 11.4 Å². The molecule has 1 aromatic heterocycles. The zero-order valence-corrected chi connectivity index (χ0v) is 11.7. The van der Waals surface area contributed by atoms with Crippen LogP contribution in [-0.4, -0.2) is 14.9 Å². The fourth-order valence-electron chi connectivity index (χ4n) is 2.12. The molecule has 0 unspecified atom stereocenters. The zero-order valence-electron chi connectivity index (χ0n) is 11.7. The molecule has 3 rings (SSSR count). The summed E-state index contributed by atoms with van der Waals surface area (Å²) in [7, 11) is 0. The van der Waals surface area contributed by atoms with Gasteiger partial charge in [-0.3, -0.25) is 10.1 Å². The van der Waals surface area contributed by atoms with Gasteiger partial charge in [-0.1, -0.05) is 0 Å². The van der Waals surface area contributed by atoms with Crippen molar-refractivity contribution in [3.63, 3.8) is 0 Å². The Kier molecular flexibility index (Phi) is 3.57. The molecule has 112 valence electrons. The Morgan fingerprint density at radius 3 is 2.70 bits per heavy atom. The summed E-state index contributed by atoms with van der Waals surface area (Å²) in [5, 5.41) is 19.9. The second kappa shape index (κ2) is 5.69. The van der Waals surface area contributed by atoms with Crippen LogP contribution in [0.25, 0.3) is 22.7 Å². The van der Waals surface area contributed by atoms with Gasteiger partial charge in [-0.2, -0.15) is 5.26 Å². The van der Waals surface area contributed by atoms with E-state index in [4.69, 9.17) is 0 Å². The van der Waals surface area contributed by atoms with Gasteiger partial charge in [-0.05, 0) is 42.0 Å². The van der Waals surface area contributed by atoms with Gasteiger partial charge < -0.3 is 4.98 Å². The van der Waals surface area contributed by atoms with Crippen molar-refractivity contribution < 1.29 is 9.31 Å². The molecule has 0 spiro atoms. The molecule has 6 nitrogen and oxygen atoms in total. The number of allylic oxidation sites excluding steroid dienone is 1. The van der Waals surface area contributed by atoms with Crippen LogP contribution < -0.4 is 0 Å². The van der Waals surface area contributed by atoms with Crippen molar-refractivity contribution in [1.82, 2.24) is 9.97 Å². The van der Waals surface area contributed by atoms with Crippen LogP contribution in [0.4, 0.5) is 10.1 Å². The number of nitriles is 1. The lowest BCUT2D eigenvalue weighted by atomic mass is 10.1. The van der Waals surface area contributed by atoms with Gasteiger partial charge in [0.2, 0.25) is 0 Å². The molecule has 0 saturated heterocycles. The third kappa shape index (κ3) is 2.91. The lowest BCUT2D eigenvalue weighted by Gasteiger charge is -1.96. The number of H-pyrrole nitrogens is 1. The van der Waals surface area contributed by atoms with E-state index in [2.05, 4.69) is 9.97 Å². The Labute approximate surface area is 129 Å². The predicted octanol–water partition coefficient (Wildman–Crippen LogP) is 3.67. The maximum atomic E-state index is 13.2. The van der Waals surface area contributed by atoms with E-state index in [1.807, 2.05) is 6.07 Å². The number of aromatic amines is 1. The smallest absolute Gasteiger partial charge is 0.269 e. The van der Waals surface area contributed by atoms with E-state index in [1.165, 1.54) is 42.5 Å². The highest BCUT2D eigenvalue weighted by Crippen LogP contribution is 2.21. The maximum Gasteiger partial charge on any atom is 0.269 e. The summed E-state index contributed by atoms with van der Waals surface area (Å²) in [4.78, 5) is 17.3. The number of aromatic nitrogens is 2. The third-order valence-electron chi connectivity index (χ3n) is 3.23. The average Bonchev–Trinajstić information content (AvgIpc) is 2.95. The van der Waals surface area contributed by atoms with Gasteiger partial charge in [0, 0.05) is 12.1 Å². The minimum Gasteiger partial charge on any atom is -0.337 e. The number of hydrogen-bond acceptors (Lipinski definition) is 4. The van der Waals surface area contributed by atoms with Gasteiger partial charge in [0.15, 0.2) is 0 Å². The number of nitrogens with zero attached hydrogens (tertiary/aromatic N) is 3. The van der Waals surface area contributed by atoms with E-state index in [-0.39, 0.29) is 11.3 Å². The van der Waals surface area contributed by atoms with Crippen LogP contribution in [0.15, 0.2) is 42.5 Å². The summed E-state index contributed by atoms with van der Waals surface area (Å²) in [6.45, 7) is 0. The van der Waals surface area contributed by atoms with Crippen molar-refractivity contribution >= 4 is 28.4 Å². The van der Waals surface area contributed by atoms with Gasteiger partial charge in [0.1, 0.15) is 17.7 Å². The minimum atomic E-state index is -0.494. The van der Waals surface area contributed by atoms with Crippen LogP contribution in [0.5, 0.6) is 0 Å². The molecule has 0 saturated carbocycles. The first kappa shape index (κ1) is 14.4. The molecule has 1 heterocycles. The van der Waals surface area contributed by atoms with Crippen molar-refractivity contribution in [1.29, 1.82) is 5.26 Å². The first-order valence-corrected chi connectivity index (χ1v) is 6.59. The van der Waals surface area contributed by atoms with Crippen LogP contribution in [0.3, 0.4) is 0 Å². The molecule has 0 amide bonds. The van der Waals surface area contributed by atoms with E-state index < -0.39 is 10.7 Å². The standard InChI is InChI=1S/C16H9FN4O2/c17-12-3-6-14-15(8-12)20-16(19-14)11(9-18)7-10-1-4-13(5-2-10)21(22)23/h1-8H,(H,19,20)/b11-7-. The molecular weight excluding hydrogens is 299 g/mol. The number of imidazole rings is 1. The van der Waals surface area contributed by atoms with Gasteiger partial charge >= 0.3 is 0 Å². The summed E-state index contributed by atoms with van der Waals surface area (Å²) in [6, 6.07) is 11.9. The number of nitro groups is 1. The summed E-state index contributed by atoms with van der Waals surface area (Å²) in [5.74, 6) is -0.0861. The van der Waals surface area contributed by atoms with E-state index >= 15 is 0 Å². The normalized spacial score (nSPS) is 11.4. The molecule has 0 atom stereocenters. The summed E-state index contributed by atoms with van der Waals surface area (Å²) in [6.07, 6.45) is 1.55. The number of fused-ring (bicyclic) bond motifs is 1. The molecule has 0 aliphatic carbocycles. The van der Waals surface area contributed by atoms with E-state index in [9.17, 15) is 19.8 Å². The molecule has 0 aliphatic rings. The SMILES string of the molecule is N#C/C(=C/c1ccc([N+](=O)[O-])cc1)c1nc2ccc(F)cc2[nH]1. The quantitative estimate of drug-likeness (QED) is 0.453. The van der Waals surface area contributed by atoms with Crippen LogP contribution in [0, 0.1) is 27.3 Å². The van der Waals surface area contributed by atoms with Crippen molar-refractivity contribution in [2.45, 2.75) is 0 Å². The Balaban J connectivity index is 2.00. The zero-order chi connectivity index (χ0) is 16.4. The van der Waals surface area contributed by atoms with Crippen molar-refractivity contribution in [2.24, 2.45) is 0 Å². The number of benzene rings is 2. The molecule has 1 N–H and O–H groups in total. The topological polar surface area (TPSA) is 95.6 Å². The number of hydrogen-bond donors (Lipinski definition) is 1. The molecule has 3 aromatic rings. The first-order valence-electron chi connectivity index (χ1n) is 6.59. The second-order valence-electron chi connectivity index (χ2n) is 4.77. The molecular formula is C16H9FN4O2. The average molecular weight is 308 g/mol. The highest BCUT2D eigenvalue weighted by atomic mass is 19.1. The molecule has 0 bridgehead atoms. The molecule has 0 radical (unpaired) electrons. The molecule has 7 heteroatoms. The van der Waals surface area contributed by atoms with Crippen molar-refractivity contribution in [2.75, 3.05) is 0 Å². The third-order valence-corrected chi connectivity index (χ3v) is 3.23. The van der Waals surface area contributed by atoms with E-state index in [0.717, 1.165) is 0 Å². The first-order chi connectivity index (χ1) is 11.1. The Morgan fingerprint density at radius 2 is 2.04 bits per heavy atom. The van der Waals surface area contributed by atoms with Crippen molar-refractivity contribution in [3.05, 3.63) is 69.8 Å². The molecule has 0 aliphatic heterocycles. The molecule has 23 heavy (non-hydrogen) atoms. The van der Waals surface area contributed by atoms with Gasteiger partial charge in [0.25, 0.3) is 5.69 Å². The van der Waals surface area contributed by atoms with E-state index in [0.29, 0.717) is 22.4 Å². The Hall–Kier alpha value is -3.53. The largest absolute Gasteiger partial charge is 0.337 e. The second-order valence-corrected chi connectivity index (χ2v) is 4.77. The fraction of sp³-hybridized carbons (Fsp3) is 0. The predicted molar refractivity (Wildman–Crippen MR) is 82.6 cm³/mol. The Bertz CT molecular complexity index is 968. The highest BCUT2D eigenvalue weighted by molar-refractivity contribution is 5.90. The molecule has 2 aromatic carbocycles. The van der Waals surface area contributed by atoms with Crippen LogP contribution >= 0.6 is 0 Å². The summed E-state index contributed by atoms with van der Waals surface area (Å²) >= 11 is 0. The summed E-state index contributed by atoms with van der Waals surface area (Å²) in [5.41, 5.74) is 1.88. The number of rotatable bonds is 3. The molecule has 0 fully saturated rings. The number of non-ortho nitro benzene ring substituents is 1. The van der Waals surface area contributed by atoms with E-state index in [1.54, 1.807) is 6.08 Å². The number of halogens is 1. The van der Waals surface area contributed by atoms with Crippen LogP contribution in [-0.2, 0) is 0 Å². The lowest BCUT2D eigenvalue weighted by molar-refractivity contribution is -0.384. The number of nitro benzene ring substituents is 1. The lowest BCUT2D eigenvalue weighted by Crippen LogP contribution is -1.88.